The zero-order valence-electron chi connectivity index (χ0n) is 8.53. The number of aromatic nitrogens is 2. The standard InChI is InChI=1S/C9H14N4O/c1-9(2,3)13-7(14)6-4-11-8(10)12-5-6/h4-5H,1-3H3,(H,13,14)(H2,10,11,12). The molecule has 3 N–H and O–H groups in total. The van der Waals surface area contributed by atoms with Gasteiger partial charge >= 0.3 is 0 Å². The van der Waals surface area contributed by atoms with Crippen LogP contribution in [-0.4, -0.2) is 21.4 Å². The number of carbonyl (C=O) groups excluding carboxylic acids is 1. The fraction of sp³-hybridized carbons (Fsp3) is 0.444. The Morgan fingerprint density at radius 1 is 1.36 bits per heavy atom. The summed E-state index contributed by atoms with van der Waals surface area (Å²) in [6, 6.07) is 0. The first-order valence-electron chi connectivity index (χ1n) is 4.28. The monoisotopic (exact) mass is 194 g/mol. The van der Waals surface area contributed by atoms with Gasteiger partial charge in [0, 0.05) is 17.9 Å². The molecule has 0 unspecified atom stereocenters. The summed E-state index contributed by atoms with van der Waals surface area (Å²) < 4.78 is 0. The predicted molar refractivity (Wildman–Crippen MR) is 53.7 cm³/mol. The van der Waals surface area contributed by atoms with Gasteiger partial charge in [0.15, 0.2) is 0 Å². The molecule has 0 atom stereocenters. The highest BCUT2D eigenvalue weighted by atomic mass is 16.1. The van der Waals surface area contributed by atoms with Crippen LogP contribution in [0.2, 0.25) is 0 Å². The second-order valence-electron chi connectivity index (χ2n) is 4.03. The summed E-state index contributed by atoms with van der Waals surface area (Å²) in [5.74, 6) is -0.0326. The van der Waals surface area contributed by atoms with Crippen molar-refractivity contribution in [2.24, 2.45) is 0 Å². The van der Waals surface area contributed by atoms with Gasteiger partial charge in [-0.05, 0) is 20.8 Å². The highest BCUT2D eigenvalue weighted by molar-refractivity contribution is 5.94. The summed E-state index contributed by atoms with van der Waals surface area (Å²) in [5.41, 5.74) is 5.45. The molecule has 0 bridgehead atoms. The van der Waals surface area contributed by atoms with Crippen molar-refractivity contribution in [2.75, 3.05) is 5.73 Å². The third-order valence-electron chi connectivity index (χ3n) is 1.42. The van der Waals surface area contributed by atoms with Crippen molar-refractivity contribution in [1.82, 2.24) is 15.3 Å². The fourth-order valence-corrected chi connectivity index (χ4v) is 0.868. The Hall–Kier alpha value is -1.65. The summed E-state index contributed by atoms with van der Waals surface area (Å²) in [5, 5.41) is 2.80. The Morgan fingerprint density at radius 3 is 2.29 bits per heavy atom. The molecule has 1 heterocycles. The minimum Gasteiger partial charge on any atom is -0.368 e. The summed E-state index contributed by atoms with van der Waals surface area (Å²) in [6.45, 7) is 5.72. The first kappa shape index (κ1) is 10.4. The van der Waals surface area contributed by atoms with Gasteiger partial charge in [-0.2, -0.15) is 0 Å². The predicted octanol–water partition coefficient (Wildman–Crippen LogP) is 0.587. The summed E-state index contributed by atoms with van der Waals surface area (Å²) in [4.78, 5) is 19.0. The fourth-order valence-electron chi connectivity index (χ4n) is 0.868. The highest BCUT2D eigenvalue weighted by Gasteiger charge is 2.15. The van der Waals surface area contributed by atoms with E-state index in [1.165, 1.54) is 12.4 Å². The molecule has 1 rings (SSSR count). The molecular formula is C9H14N4O. The number of nitrogen functional groups attached to an aromatic ring is 1. The number of carbonyl (C=O) groups is 1. The van der Waals surface area contributed by atoms with Crippen molar-refractivity contribution in [2.45, 2.75) is 26.3 Å². The Bertz CT molecular complexity index is 326. The maximum absolute atomic E-state index is 11.5. The maximum Gasteiger partial charge on any atom is 0.254 e. The SMILES string of the molecule is CC(C)(C)NC(=O)c1cnc(N)nc1. The minimum absolute atomic E-state index is 0.164. The molecule has 0 aliphatic carbocycles. The molecule has 0 aromatic carbocycles. The van der Waals surface area contributed by atoms with Crippen LogP contribution in [-0.2, 0) is 0 Å². The molecular weight excluding hydrogens is 180 g/mol. The van der Waals surface area contributed by atoms with Gasteiger partial charge in [0.05, 0.1) is 5.56 Å². The molecule has 1 aromatic rings. The van der Waals surface area contributed by atoms with E-state index >= 15 is 0 Å². The first-order valence-corrected chi connectivity index (χ1v) is 4.28. The lowest BCUT2D eigenvalue weighted by Gasteiger charge is -2.20. The van der Waals surface area contributed by atoms with Crippen molar-refractivity contribution in [3.63, 3.8) is 0 Å². The van der Waals surface area contributed by atoms with Crippen LogP contribution in [0.1, 0.15) is 31.1 Å². The van der Waals surface area contributed by atoms with Crippen molar-refractivity contribution in [3.05, 3.63) is 18.0 Å². The van der Waals surface area contributed by atoms with Crippen LogP contribution in [0.25, 0.3) is 0 Å². The van der Waals surface area contributed by atoms with E-state index in [0.717, 1.165) is 0 Å². The van der Waals surface area contributed by atoms with Crippen LogP contribution in [0, 0.1) is 0 Å². The number of nitrogens with zero attached hydrogens (tertiary/aromatic N) is 2. The molecule has 0 radical (unpaired) electrons. The second-order valence-corrected chi connectivity index (χ2v) is 4.03. The van der Waals surface area contributed by atoms with E-state index in [1.807, 2.05) is 20.8 Å². The van der Waals surface area contributed by atoms with E-state index in [0.29, 0.717) is 5.56 Å². The van der Waals surface area contributed by atoms with Gasteiger partial charge in [0.1, 0.15) is 0 Å². The number of rotatable bonds is 1. The second kappa shape index (κ2) is 3.61. The van der Waals surface area contributed by atoms with Crippen LogP contribution < -0.4 is 11.1 Å². The van der Waals surface area contributed by atoms with Crippen LogP contribution in [0.15, 0.2) is 12.4 Å². The van der Waals surface area contributed by atoms with Gasteiger partial charge in [-0.3, -0.25) is 4.79 Å². The average molecular weight is 194 g/mol. The average Bonchev–Trinajstić information content (AvgIpc) is 2.02. The van der Waals surface area contributed by atoms with Gasteiger partial charge in [0.25, 0.3) is 5.91 Å². The van der Waals surface area contributed by atoms with Gasteiger partial charge in [0.2, 0.25) is 5.95 Å². The van der Waals surface area contributed by atoms with Crippen molar-refractivity contribution >= 4 is 11.9 Å². The Kier molecular flexibility index (Phi) is 2.69. The third kappa shape index (κ3) is 3.01. The Balaban J connectivity index is 2.76. The van der Waals surface area contributed by atoms with Crippen LogP contribution in [0.4, 0.5) is 5.95 Å². The zero-order chi connectivity index (χ0) is 10.8. The molecule has 76 valence electrons. The number of hydrogen-bond donors (Lipinski definition) is 2. The van der Waals surface area contributed by atoms with Crippen molar-refractivity contribution in [1.29, 1.82) is 0 Å². The number of nitrogens with one attached hydrogen (secondary N) is 1. The lowest BCUT2D eigenvalue weighted by molar-refractivity contribution is 0.0919. The topological polar surface area (TPSA) is 80.9 Å². The molecule has 14 heavy (non-hydrogen) atoms. The Labute approximate surface area is 82.7 Å². The minimum atomic E-state index is -0.265. The largest absolute Gasteiger partial charge is 0.368 e. The summed E-state index contributed by atoms with van der Waals surface area (Å²) in [7, 11) is 0. The van der Waals surface area contributed by atoms with E-state index in [1.54, 1.807) is 0 Å². The van der Waals surface area contributed by atoms with Gasteiger partial charge in [-0.1, -0.05) is 0 Å². The molecule has 1 amide bonds. The van der Waals surface area contributed by atoms with Crippen molar-refractivity contribution < 1.29 is 4.79 Å². The molecule has 0 spiro atoms. The van der Waals surface area contributed by atoms with E-state index in [-0.39, 0.29) is 17.4 Å². The smallest absolute Gasteiger partial charge is 0.254 e. The van der Waals surface area contributed by atoms with E-state index in [9.17, 15) is 4.79 Å². The maximum atomic E-state index is 11.5. The van der Waals surface area contributed by atoms with E-state index in [4.69, 9.17) is 5.73 Å². The first-order chi connectivity index (χ1) is 6.38. The molecule has 0 aliphatic rings. The third-order valence-corrected chi connectivity index (χ3v) is 1.42. The highest BCUT2D eigenvalue weighted by Crippen LogP contribution is 2.03. The lowest BCUT2D eigenvalue weighted by Crippen LogP contribution is -2.40. The van der Waals surface area contributed by atoms with Crippen LogP contribution in [0.5, 0.6) is 0 Å². The molecule has 5 nitrogen and oxygen atoms in total. The molecule has 0 fully saturated rings. The molecule has 0 saturated carbocycles. The summed E-state index contributed by atoms with van der Waals surface area (Å²) in [6.07, 6.45) is 2.81. The number of nitrogens with two attached hydrogens (primary N) is 1. The van der Waals surface area contributed by atoms with Gasteiger partial charge in [-0.15, -0.1) is 0 Å². The van der Waals surface area contributed by atoms with Gasteiger partial charge in [-0.25, -0.2) is 9.97 Å². The molecule has 1 aromatic heterocycles. The lowest BCUT2D eigenvalue weighted by atomic mass is 10.1. The quantitative estimate of drug-likeness (QED) is 0.685. The van der Waals surface area contributed by atoms with Gasteiger partial charge < -0.3 is 11.1 Å². The van der Waals surface area contributed by atoms with Crippen LogP contribution >= 0.6 is 0 Å². The van der Waals surface area contributed by atoms with E-state index in [2.05, 4.69) is 15.3 Å². The molecule has 0 aliphatic heterocycles. The van der Waals surface area contributed by atoms with Crippen LogP contribution in [0.3, 0.4) is 0 Å². The molecule has 5 heteroatoms. The number of anilines is 1. The number of hydrogen-bond acceptors (Lipinski definition) is 4. The summed E-state index contributed by atoms with van der Waals surface area (Å²) >= 11 is 0. The Morgan fingerprint density at radius 2 is 1.86 bits per heavy atom. The molecule has 0 saturated heterocycles. The van der Waals surface area contributed by atoms with E-state index < -0.39 is 0 Å². The normalized spacial score (nSPS) is 11.1. The van der Waals surface area contributed by atoms with Crippen molar-refractivity contribution in [3.8, 4) is 0 Å². The number of amides is 1. The zero-order valence-corrected chi connectivity index (χ0v) is 8.53.